The van der Waals surface area contributed by atoms with Crippen molar-refractivity contribution in [3.05, 3.63) is 17.1 Å². The van der Waals surface area contributed by atoms with Gasteiger partial charge in [-0.1, -0.05) is 23.2 Å². The lowest BCUT2D eigenvalue weighted by Crippen LogP contribution is -2.24. The lowest BCUT2D eigenvalue weighted by Gasteiger charge is -2.14. The van der Waals surface area contributed by atoms with Crippen LogP contribution in [-0.2, 0) is 9.59 Å². The van der Waals surface area contributed by atoms with E-state index >= 15 is 0 Å². The molecule has 0 spiro atoms. The number of ketones is 2. The summed E-state index contributed by atoms with van der Waals surface area (Å²) < 4.78 is 1.03. The number of hydrogen-bond acceptors (Lipinski definition) is 4. The fourth-order valence-corrected chi connectivity index (χ4v) is 1.72. The third kappa shape index (κ3) is 2.68. The van der Waals surface area contributed by atoms with E-state index in [1.165, 1.54) is 31.2 Å². The Bertz CT molecular complexity index is 422. The number of Topliss-reactive ketones (excluding diaryl/α,β-unsaturated/α-hetero) is 2. The number of halogens is 2. The summed E-state index contributed by atoms with van der Waals surface area (Å²) in [5.74, 6) is -1.72. The lowest BCUT2D eigenvalue weighted by atomic mass is 9.98. The minimum Gasteiger partial charge on any atom is -0.299 e. The molecule has 1 aromatic heterocycles. The van der Waals surface area contributed by atoms with E-state index < -0.39 is 5.92 Å². The fraction of sp³-hybridized carbons (Fsp3) is 0.333. The zero-order valence-corrected chi connectivity index (χ0v) is 10.2. The molecule has 0 saturated carbocycles. The second kappa shape index (κ2) is 5.23. The standard InChI is InChI=1S/C9H9Cl2N3O2/c1-5(15)7(6(2)16)8(9(10)11)14-4-12-3-13-14/h3-4,7H,1-2H3. The number of aromatic nitrogens is 3. The molecule has 1 aromatic rings. The van der Waals surface area contributed by atoms with Crippen LogP contribution in [0, 0.1) is 5.92 Å². The van der Waals surface area contributed by atoms with Gasteiger partial charge in [0.1, 0.15) is 34.6 Å². The summed E-state index contributed by atoms with van der Waals surface area (Å²) in [6.45, 7) is 2.58. The summed E-state index contributed by atoms with van der Waals surface area (Å²) in [6, 6.07) is 0. The van der Waals surface area contributed by atoms with E-state index in [1.54, 1.807) is 0 Å². The summed E-state index contributed by atoms with van der Waals surface area (Å²) in [4.78, 5) is 26.5. The van der Waals surface area contributed by atoms with Crippen LogP contribution in [0.2, 0.25) is 0 Å². The Labute approximate surface area is 102 Å². The SMILES string of the molecule is CC(=O)C(C(C)=O)C(=C(Cl)Cl)n1cncn1. The molecule has 0 saturated heterocycles. The first-order valence-corrected chi connectivity index (χ1v) is 5.11. The Morgan fingerprint density at radius 2 is 1.81 bits per heavy atom. The quantitative estimate of drug-likeness (QED) is 0.774. The molecule has 7 heteroatoms. The molecule has 0 amide bonds. The molecule has 5 nitrogen and oxygen atoms in total. The number of hydrogen-bond donors (Lipinski definition) is 0. The van der Waals surface area contributed by atoms with E-state index in [9.17, 15) is 9.59 Å². The van der Waals surface area contributed by atoms with Crippen molar-refractivity contribution in [2.24, 2.45) is 5.92 Å². The molecule has 86 valence electrons. The normalized spacial score (nSPS) is 10.3. The molecule has 0 aliphatic heterocycles. The Hall–Kier alpha value is -1.20. The summed E-state index contributed by atoms with van der Waals surface area (Å²) >= 11 is 11.3. The van der Waals surface area contributed by atoms with Crippen LogP contribution in [0.15, 0.2) is 17.1 Å². The first kappa shape index (κ1) is 12.9. The predicted molar refractivity (Wildman–Crippen MR) is 59.8 cm³/mol. The van der Waals surface area contributed by atoms with Crippen molar-refractivity contribution < 1.29 is 9.59 Å². The van der Waals surface area contributed by atoms with Gasteiger partial charge in [0, 0.05) is 0 Å². The van der Waals surface area contributed by atoms with Gasteiger partial charge in [0.2, 0.25) is 0 Å². The van der Waals surface area contributed by atoms with Gasteiger partial charge in [0.05, 0.1) is 5.70 Å². The van der Waals surface area contributed by atoms with Crippen molar-refractivity contribution in [2.75, 3.05) is 0 Å². The molecule has 16 heavy (non-hydrogen) atoms. The average molecular weight is 262 g/mol. The summed E-state index contributed by atoms with van der Waals surface area (Å²) in [7, 11) is 0. The van der Waals surface area contributed by atoms with Gasteiger partial charge in [-0.05, 0) is 13.8 Å². The van der Waals surface area contributed by atoms with E-state index in [4.69, 9.17) is 23.2 Å². The van der Waals surface area contributed by atoms with Crippen molar-refractivity contribution in [2.45, 2.75) is 13.8 Å². The largest absolute Gasteiger partial charge is 0.299 e. The molecule has 0 aromatic carbocycles. The molecule has 0 atom stereocenters. The molecule has 0 radical (unpaired) electrons. The smallest absolute Gasteiger partial charge is 0.146 e. The van der Waals surface area contributed by atoms with Gasteiger partial charge < -0.3 is 0 Å². The van der Waals surface area contributed by atoms with E-state index in [0.29, 0.717) is 0 Å². The van der Waals surface area contributed by atoms with Crippen LogP contribution in [0.1, 0.15) is 13.8 Å². The molecule has 1 heterocycles. The maximum Gasteiger partial charge on any atom is 0.146 e. The van der Waals surface area contributed by atoms with Gasteiger partial charge in [-0.3, -0.25) is 9.59 Å². The Morgan fingerprint density at radius 1 is 1.25 bits per heavy atom. The van der Waals surface area contributed by atoms with Gasteiger partial charge in [-0.2, -0.15) is 5.10 Å². The van der Waals surface area contributed by atoms with Gasteiger partial charge in [-0.25, -0.2) is 9.67 Å². The third-order valence-corrected chi connectivity index (χ3v) is 2.33. The highest BCUT2D eigenvalue weighted by atomic mass is 35.5. The van der Waals surface area contributed by atoms with Crippen molar-refractivity contribution in [1.82, 2.24) is 14.8 Å². The lowest BCUT2D eigenvalue weighted by molar-refractivity contribution is -0.128. The van der Waals surface area contributed by atoms with E-state index in [-0.39, 0.29) is 21.8 Å². The number of carbonyl (C=O) groups is 2. The van der Waals surface area contributed by atoms with Crippen LogP contribution >= 0.6 is 23.2 Å². The molecular weight excluding hydrogens is 253 g/mol. The van der Waals surface area contributed by atoms with Crippen LogP contribution in [0.4, 0.5) is 0 Å². The monoisotopic (exact) mass is 261 g/mol. The number of carbonyl (C=O) groups excluding carboxylic acids is 2. The highest BCUT2D eigenvalue weighted by molar-refractivity contribution is 6.58. The first-order valence-electron chi connectivity index (χ1n) is 4.36. The second-order valence-corrected chi connectivity index (χ2v) is 4.09. The Kier molecular flexibility index (Phi) is 4.20. The van der Waals surface area contributed by atoms with Crippen molar-refractivity contribution in [1.29, 1.82) is 0 Å². The van der Waals surface area contributed by atoms with Crippen molar-refractivity contribution >= 4 is 40.5 Å². The summed E-state index contributed by atoms with van der Waals surface area (Å²) in [5.41, 5.74) is 0.126. The number of rotatable bonds is 4. The third-order valence-electron chi connectivity index (χ3n) is 1.95. The Balaban J connectivity index is 3.28. The molecule has 0 bridgehead atoms. The van der Waals surface area contributed by atoms with Gasteiger partial charge in [0.25, 0.3) is 0 Å². The molecule has 0 aliphatic carbocycles. The zero-order chi connectivity index (χ0) is 12.3. The van der Waals surface area contributed by atoms with Crippen LogP contribution in [0.25, 0.3) is 5.70 Å². The Morgan fingerprint density at radius 3 is 2.12 bits per heavy atom. The first-order chi connectivity index (χ1) is 7.45. The predicted octanol–water partition coefficient (Wildman–Crippen LogP) is 1.68. The highest BCUT2D eigenvalue weighted by Crippen LogP contribution is 2.26. The molecule has 0 unspecified atom stereocenters. The average Bonchev–Trinajstić information content (AvgIpc) is 2.64. The highest BCUT2D eigenvalue weighted by Gasteiger charge is 2.28. The molecule has 1 rings (SSSR count). The van der Waals surface area contributed by atoms with Crippen LogP contribution in [-0.4, -0.2) is 26.3 Å². The van der Waals surface area contributed by atoms with Crippen LogP contribution < -0.4 is 0 Å². The van der Waals surface area contributed by atoms with Crippen molar-refractivity contribution in [3.8, 4) is 0 Å². The van der Waals surface area contributed by atoms with Crippen LogP contribution in [0.3, 0.4) is 0 Å². The molecule has 0 aliphatic rings. The van der Waals surface area contributed by atoms with Gasteiger partial charge in [0.15, 0.2) is 0 Å². The fourth-order valence-electron chi connectivity index (χ4n) is 1.33. The number of allylic oxidation sites excluding steroid dienone is 1. The van der Waals surface area contributed by atoms with E-state index in [1.807, 2.05) is 0 Å². The molecule has 0 fully saturated rings. The van der Waals surface area contributed by atoms with Crippen LogP contribution in [0.5, 0.6) is 0 Å². The van der Waals surface area contributed by atoms with Gasteiger partial charge in [-0.15, -0.1) is 0 Å². The maximum atomic E-state index is 11.4. The summed E-state index contributed by atoms with van der Waals surface area (Å²) in [6.07, 6.45) is 2.58. The molecular formula is C9H9Cl2N3O2. The van der Waals surface area contributed by atoms with E-state index in [0.717, 1.165) is 0 Å². The second-order valence-electron chi connectivity index (χ2n) is 3.14. The maximum absolute atomic E-state index is 11.4. The van der Waals surface area contributed by atoms with E-state index in [2.05, 4.69) is 10.1 Å². The summed E-state index contributed by atoms with van der Waals surface area (Å²) in [5, 5.41) is 3.80. The van der Waals surface area contributed by atoms with Crippen molar-refractivity contribution in [3.63, 3.8) is 0 Å². The minimum atomic E-state index is -1.02. The minimum absolute atomic E-state index is 0.126. The number of nitrogens with zero attached hydrogens (tertiary/aromatic N) is 3. The molecule has 0 N–H and O–H groups in total. The van der Waals surface area contributed by atoms with Gasteiger partial charge >= 0.3 is 0 Å². The zero-order valence-electron chi connectivity index (χ0n) is 8.65. The topological polar surface area (TPSA) is 64.8 Å².